The van der Waals surface area contributed by atoms with Gasteiger partial charge in [0.25, 0.3) is 10.0 Å². The highest BCUT2D eigenvalue weighted by Crippen LogP contribution is 2.28. The molecule has 0 amide bonds. The molecule has 8 heteroatoms. The van der Waals surface area contributed by atoms with Crippen LogP contribution in [0.5, 0.6) is 5.75 Å². The summed E-state index contributed by atoms with van der Waals surface area (Å²) in [5.74, 6) is 1.14. The summed E-state index contributed by atoms with van der Waals surface area (Å²) in [7, 11) is -0.463. The minimum atomic E-state index is -3.69. The van der Waals surface area contributed by atoms with Crippen molar-refractivity contribution in [3.05, 3.63) is 41.0 Å². The number of benzene rings is 1. The predicted molar refractivity (Wildman–Crippen MR) is 85.3 cm³/mol. The molecule has 0 aliphatic rings. The van der Waals surface area contributed by atoms with E-state index in [0.29, 0.717) is 17.3 Å². The fraction of sp³-hybridized carbons (Fsp3) is 0.154. The summed E-state index contributed by atoms with van der Waals surface area (Å²) in [5, 5.41) is 2.83. The zero-order chi connectivity index (χ0) is 15.5. The number of nitrogens with one attached hydrogen (secondary N) is 2. The largest absolute Gasteiger partial charge is 0.495 e. The minimum Gasteiger partial charge on any atom is -0.495 e. The van der Waals surface area contributed by atoms with E-state index in [4.69, 9.17) is 4.74 Å². The van der Waals surface area contributed by atoms with Gasteiger partial charge in [-0.3, -0.25) is 4.72 Å². The van der Waals surface area contributed by atoms with E-state index in [1.165, 1.54) is 19.4 Å². The number of sulfonamides is 1. The maximum absolute atomic E-state index is 12.3. The quantitative estimate of drug-likeness (QED) is 0.844. The Morgan fingerprint density at radius 2 is 2.00 bits per heavy atom. The number of hydrogen-bond acceptors (Lipinski definition) is 5. The van der Waals surface area contributed by atoms with Gasteiger partial charge in [-0.2, -0.15) is 0 Å². The molecule has 2 aromatic rings. The third-order valence-corrected chi connectivity index (χ3v) is 4.73. The van der Waals surface area contributed by atoms with Crippen molar-refractivity contribution in [2.75, 3.05) is 24.2 Å². The van der Waals surface area contributed by atoms with Gasteiger partial charge in [0, 0.05) is 19.3 Å². The first-order valence-electron chi connectivity index (χ1n) is 5.96. The summed E-state index contributed by atoms with van der Waals surface area (Å²) in [5.41, 5.74) is 0.410. The van der Waals surface area contributed by atoms with Crippen LogP contribution in [-0.4, -0.2) is 27.6 Å². The van der Waals surface area contributed by atoms with Crippen molar-refractivity contribution in [1.82, 2.24) is 4.98 Å². The molecule has 2 N–H and O–H groups in total. The van der Waals surface area contributed by atoms with E-state index in [1.54, 1.807) is 31.3 Å². The lowest BCUT2D eigenvalue weighted by atomic mass is 10.3. The molecule has 6 nitrogen and oxygen atoms in total. The standard InChI is InChI=1S/C13H14BrN3O3S/c1-15-13-6-4-10(8-16-13)21(18,19)17-9-3-5-11(14)12(7-9)20-2/h3-8,17H,1-2H3,(H,15,16). The van der Waals surface area contributed by atoms with Crippen LogP contribution in [0.15, 0.2) is 45.9 Å². The number of rotatable bonds is 5. The number of anilines is 2. The van der Waals surface area contributed by atoms with E-state index >= 15 is 0 Å². The summed E-state index contributed by atoms with van der Waals surface area (Å²) in [6.07, 6.45) is 1.30. The Hall–Kier alpha value is -1.80. The van der Waals surface area contributed by atoms with E-state index in [9.17, 15) is 8.42 Å². The molecule has 0 saturated carbocycles. The van der Waals surface area contributed by atoms with Gasteiger partial charge in [0.05, 0.1) is 17.3 Å². The van der Waals surface area contributed by atoms with Crippen molar-refractivity contribution < 1.29 is 13.2 Å². The van der Waals surface area contributed by atoms with Gasteiger partial charge in [0.1, 0.15) is 16.5 Å². The minimum absolute atomic E-state index is 0.0865. The van der Waals surface area contributed by atoms with Gasteiger partial charge in [0.15, 0.2) is 0 Å². The van der Waals surface area contributed by atoms with Crippen molar-refractivity contribution >= 4 is 37.5 Å². The molecule has 0 unspecified atom stereocenters. The lowest BCUT2D eigenvalue weighted by Crippen LogP contribution is -2.13. The highest BCUT2D eigenvalue weighted by Gasteiger charge is 2.15. The van der Waals surface area contributed by atoms with Crippen molar-refractivity contribution in [2.45, 2.75) is 4.90 Å². The average Bonchev–Trinajstić information content (AvgIpc) is 2.49. The third kappa shape index (κ3) is 3.64. The molecule has 0 fully saturated rings. The smallest absolute Gasteiger partial charge is 0.263 e. The lowest BCUT2D eigenvalue weighted by molar-refractivity contribution is 0.412. The Balaban J connectivity index is 2.28. The molecule has 21 heavy (non-hydrogen) atoms. The van der Waals surface area contributed by atoms with Crippen LogP contribution in [0.3, 0.4) is 0 Å². The molecule has 1 aromatic heterocycles. The van der Waals surface area contributed by atoms with Crippen LogP contribution in [-0.2, 0) is 10.0 Å². The maximum atomic E-state index is 12.3. The fourth-order valence-corrected chi connectivity index (χ4v) is 3.03. The normalized spacial score (nSPS) is 11.0. The second-order valence-corrected chi connectivity index (χ2v) is 6.62. The second kappa shape index (κ2) is 6.31. The number of aromatic nitrogens is 1. The van der Waals surface area contributed by atoms with Crippen LogP contribution in [0, 0.1) is 0 Å². The Labute approximate surface area is 131 Å². The molecule has 0 aliphatic heterocycles. The monoisotopic (exact) mass is 371 g/mol. The molecule has 0 atom stereocenters. The molecule has 0 saturated heterocycles. The molecular formula is C13H14BrN3O3S. The van der Waals surface area contributed by atoms with Crippen LogP contribution >= 0.6 is 15.9 Å². The Bertz CT molecular complexity index is 733. The summed E-state index contributed by atoms with van der Waals surface area (Å²) in [6.45, 7) is 0. The second-order valence-electron chi connectivity index (χ2n) is 4.08. The van der Waals surface area contributed by atoms with E-state index in [1.807, 2.05) is 0 Å². The van der Waals surface area contributed by atoms with E-state index < -0.39 is 10.0 Å². The van der Waals surface area contributed by atoms with Crippen molar-refractivity contribution in [3.63, 3.8) is 0 Å². The molecule has 1 aromatic carbocycles. The molecule has 0 aliphatic carbocycles. The highest BCUT2D eigenvalue weighted by molar-refractivity contribution is 9.10. The van der Waals surface area contributed by atoms with E-state index in [-0.39, 0.29) is 4.90 Å². The van der Waals surface area contributed by atoms with Gasteiger partial charge in [0.2, 0.25) is 0 Å². The number of methoxy groups -OCH3 is 1. The van der Waals surface area contributed by atoms with Gasteiger partial charge < -0.3 is 10.1 Å². The topological polar surface area (TPSA) is 80.3 Å². The summed E-state index contributed by atoms with van der Waals surface area (Å²) in [4.78, 5) is 4.08. The highest BCUT2D eigenvalue weighted by atomic mass is 79.9. The van der Waals surface area contributed by atoms with Gasteiger partial charge >= 0.3 is 0 Å². The van der Waals surface area contributed by atoms with Crippen molar-refractivity contribution in [1.29, 1.82) is 0 Å². The number of nitrogens with zero attached hydrogens (tertiary/aromatic N) is 1. The van der Waals surface area contributed by atoms with E-state index in [2.05, 4.69) is 31.0 Å². The SMILES string of the molecule is CNc1ccc(S(=O)(=O)Nc2ccc(Br)c(OC)c2)cn1. The first-order valence-corrected chi connectivity index (χ1v) is 8.24. The van der Waals surface area contributed by atoms with Crippen LogP contribution in [0.1, 0.15) is 0 Å². The molecule has 1 heterocycles. The molecule has 0 radical (unpaired) electrons. The number of ether oxygens (including phenoxy) is 1. The zero-order valence-corrected chi connectivity index (χ0v) is 13.8. The molecular weight excluding hydrogens is 358 g/mol. The van der Waals surface area contributed by atoms with Gasteiger partial charge in [-0.15, -0.1) is 0 Å². The molecule has 2 rings (SSSR count). The molecule has 112 valence electrons. The van der Waals surface area contributed by atoms with Crippen LogP contribution < -0.4 is 14.8 Å². The van der Waals surface area contributed by atoms with Crippen LogP contribution in [0.25, 0.3) is 0 Å². The third-order valence-electron chi connectivity index (χ3n) is 2.71. The maximum Gasteiger partial charge on any atom is 0.263 e. The van der Waals surface area contributed by atoms with Gasteiger partial charge in [-0.1, -0.05) is 0 Å². The molecule has 0 spiro atoms. The summed E-state index contributed by atoms with van der Waals surface area (Å²) < 4.78 is 32.9. The number of halogens is 1. The van der Waals surface area contributed by atoms with Crippen molar-refractivity contribution in [2.24, 2.45) is 0 Å². The Kier molecular flexibility index (Phi) is 4.69. The predicted octanol–water partition coefficient (Wildman–Crippen LogP) is 2.70. The summed E-state index contributed by atoms with van der Waals surface area (Å²) >= 11 is 3.31. The Morgan fingerprint density at radius 3 is 2.57 bits per heavy atom. The van der Waals surface area contributed by atoms with Gasteiger partial charge in [-0.25, -0.2) is 13.4 Å². The van der Waals surface area contributed by atoms with Crippen LogP contribution in [0.2, 0.25) is 0 Å². The fourth-order valence-electron chi connectivity index (χ4n) is 1.62. The zero-order valence-electron chi connectivity index (χ0n) is 11.4. The molecule has 0 bridgehead atoms. The van der Waals surface area contributed by atoms with E-state index in [0.717, 1.165) is 4.47 Å². The Morgan fingerprint density at radius 1 is 1.24 bits per heavy atom. The lowest BCUT2D eigenvalue weighted by Gasteiger charge is -2.10. The average molecular weight is 372 g/mol. The first kappa shape index (κ1) is 15.6. The summed E-state index contributed by atoms with van der Waals surface area (Å²) in [6, 6.07) is 8.02. The van der Waals surface area contributed by atoms with Crippen LogP contribution in [0.4, 0.5) is 11.5 Å². The van der Waals surface area contributed by atoms with Crippen molar-refractivity contribution in [3.8, 4) is 5.75 Å². The van der Waals surface area contributed by atoms with Gasteiger partial charge in [-0.05, 0) is 40.2 Å². The first-order chi connectivity index (χ1) is 9.96. The number of pyridine rings is 1. The number of hydrogen-bond donors (Lipinski definition) is 2.